The topological polar surface area (TPSA) is 90.9 Å². The van der Waals surface area contributed by atoms with Crippen molar-refractivity contribution in [2.24, 2.45) is 0 Å². The van der Waals surface area contributed by atoms with E-state index in [1.807, 2.05) is 36.4 Å². The second-order valence-electron chi connectivity index (χ2n) is 4.08. The van der Waals surface area contributed by atoms with Gasteiger partial charge in [0, 0.05) is 25.6 Å². The first-order chi connectivity index (χ1) is 9.70. The van der Waals surface area contributed by atoms with E-state index in [-0.39, 0.29) is 11.6 Å². The number of carbonyl (C=O) groups excluding carboxylic acids is 1. The highest BCUT2D eigenvalue weighted by Gasteiger charge is 2.13. The molecule has 102 valence electrons. The number of benzene rings is 1. The molecule has 0 saturated carbocycles. The Labute approximate surface area is 116 Å². The number of nitrogens with one attached hydrogen (secondary N) is 2. The molecule has 1 amide bonds. The Balaban J connectivity index is 2.08. The predicted molar refractivity (Wildman–Crippen MR) is 73.8 cm³/mol. The van der Waals surface area contributed by atoms with E-state index in [0.717, 1.165) is 5.56 Å². The molecule has 2 rings (SSSR count). The molecule has 0 radical (unpaired) electrons. The van der Waals surface area contributed by atoms with Gasteiger partial charge in [-0.25, -0.2) is 0 Å². The second-order valence-corrected chi connectivity index (χ2v) is 4.08. The Kier molecular flexibility index (Phi) is 4.35. The lowest BCUT2D eigenvalue weighted by Crippen LogP contribution is -2.26. The molecule has 0 unspecified atom stereocenters. The van der Waals surface area contributed by atoms with Crippen LogP contribution < -0.4 is 10.6 Å². The number of carbonyl (C=O) groups is 1. The van der Waals surface area contributed by atoms with Gasteiger partial charge in [-0.2, -0.15) is 10.2 Å². The zero-order valence-electron chi connectivity index (χ0n) is 11.0. The summed E-state index contributed by atoms with van der Waals surface area (Å²) in [4.78, 5) is 14.9. The van der Waals surface area contributed by atoms with Crippen LogP contribution in [0.1, 0.15) is 12.6 Å². The van der Waals surface area contributed by atoms with Crippen LogP contribution in [0.4, 0.5) is 5.88 Å². The van der Waals surface area contributed by atoms with E-state index in [1.165, 1.54) is 6.92 Å². The third-order valence-electron chi connectivity index (χ3n) is 2.54. The summed E-state index contributed by atoms with van der Waals surface area (Å²) in [6.45, 7) is 2.35. The molecule has 20 heavy (non-hydrogen) atoms. The molecule has 0 fully saturated rings. The van der Waals surface area contributed by atoms with Crippen molar-refractivity contribution in [2.75, 3.05) is 18.4 Å². The Morgan fingerprint density at radius 2 is 2.10 bits per heavy atom. The Bertz CT molecular complexity index is 628. The fourth-order valence-corrected chi connectivity index (χ4v) is 1.63. The van der Waals surface area contributed by atoms with Gasteiger partial charge < -0.3 is 15.1 Å². The molecule has 0 aliphatic rings. The van der Waals surface area contributed by atoms with Gasteiger partial charge in [0.25, 0.3) is 0 Å². The SMILES string of the molecule is CC(=O)NCCNc1oc(-c2ccccc2)nc1C#N. The predicted octanol–water partition coefficient (Wildman–Crippen LogP) is 1.76. The molecule has 2 aromatic rings. The Morgan fingerprint density at radius 1 is 1.35 bits per heavy atom. The van der Waals surface area contributed by atoms with Crippen LogP contribution in [0.3, 0.4) is 0 Å². The minimum Gasteiger partial charge on any atom is -0.419 e. The van der Waals surface area contributed by atoms with Gasteiger partial charge in [0.05, 0.1) is 0 Å². The van der Waals surface area contributed by atoms with Gasteiger partial charge in [-0.05, 0) is 12.1 Å². The van der Waals surface area contributed by atoms with Gasteiger partial charge in [0.1, 0.15) is 6.07 Å². The fraction of sp³-hybridized carbons (Fsp3) is 0.214. The van der Waals surface area contributed by atoms with Crippen LogP contribution in [0.25, 0.3) is 11.5 Å². The summed E-state index contributed by atoms with van der Waals surface area (Å²) in [7, 11) is 0. The molecule has 0 aliphatic heterocycles. The van der Waals surface area contributed by atoms with Crippen molar-refractivity contribution in [2.45, 2.75) is 6.92 Å². The lowest BCUT2D eigenvalue weighted by molar-refractivity contribution is -0.118. The van der Waals surface area contributed by atoms with E-state index >= 15 is 0 Å². The van der Waals surface area contributed by atoms with Gasteiger partial charge >= 0.3 is 0 Å². The molecular formula is C14H14N4O2. The fourth-order valence-electron chi connectivity index (χ4n) is 1.63. The maximum atomic E-state index is 10.7. The number of anilines is 1. The number of rotatable bonds is 5. The summed E-state index contributed by atoms with van der Waals surface area (Å²) in [6, 6.07) is 11.3. The first-order valence-corrected chi connectivity index (χ1v) is 6.15. The molecule has 0 spiro atoms. The third-order valence-corrected chi connectivity index (χ3v) is 2.54. The van der Waals surface area contributed by atoms with Crippen LogP contribution in [0.2, 0.25) is 0 Å². The monoisotopic (exact) mass is 270 g/mol. The van der Waals surface area contributed by atoms with Gasteiger partial charge in [0.2, 0.25) is 23.4 Å². The molecule has 6 nitrogen and oxygen atoms in total. The molecule has 0 atom stereocenters. The van der Waals surface area contributed by atoms with Crippen LogP contribution in [0.5, 0.6) is 0 Å². The summed E-state index contributed by atoms with van der Waals surface area (Å²) < 4.78 is 5.54. The van der Waals surface area contributed by atoms with Gasteiger partial charge in [-0.3, -0.25) is 4.79 Å². The summed E-state index contributed by atoms with van der Waals surface area (Å²) >= 11 is 0. The van der Waals surface area contributed by atoms with Crippen LogP contribution >= 0.6 is 0 Å². The van der Waals surface area contributed by atoms with E-state index in [4.69, 9.17) is 9.68 Å². The first kappa shape index (κ1) is 13.6. The zero-order chi connectivity index (χ0) is 14.4. The number of aromatic nitrogens is 1. The maximum absolute atomic E-state index is 10.7. The molecule has 0 aliphatic carbocycles. The number of oxazole rings is 1. The molecular weight excluding hydrogens is 256 g/mol. The van der Waals surface area contributed by atoms with Crippen LogP contribution in [0.15, 0.2) is 34.7 Å². The normalized spacial score (nSPS) is 9.80. The van der Waals surface area contributed by atoms with E-state index < -0.39 is 0 Å². The van der Waals surface area contributed by atoms with Crippen molar-refractivity contribution in [3.8, 4) is 17.5 Å². The van der Waals surface area contributed by atoms with Crippen molar-refractivity contribution >= 4 is 11.8 Å². The molecule has 1 aromatic carbocycles. The summed E-state index contributed by atoms with van der Waals surface area (Å²) in [5, 5.41) is 14.6. The summed E-state index contributed by atoms with van der Waals surface area (Å²) in [6.07, 6.45) is 0. The molecule has 6 heteroatoms. The number of hydrogen-bond donors (Lipinski definition) is 2. The van der Waals surface area contributed by atoms with Crippen molar-refractivity contribution in [1.29, 1.82) is 5.26 Å². The highest BCUT2D eigenvalue weighted by molar-refractivity contribution is 5.72. The van der Waals surface area contributed by atoms with Crippen LogP contribution in [-0.4, -0.2) is 24.0 Å². The number of nitriles is 1. The van der Waals surface area contributed by atoms with Gasteiger partial charge in [-0.15, -0.1) is 0 Å². The van der Waals surface area contributed by atoms with E-state index in [1.54, 1.807) is 0 Å². The average molecular weight is 270 g/mol. The lowest BCUT2D eigenvalue weighted by atomic mass is 10.2. The van der Waals surface area contributed by atoms with Crippen molar-refractivity contribution in [3.05, 3.63) is 36.0 Å². The largest absolute Gasteiger partial charge is 0.419 e. The maximum Gasteiger partial charge on any atom is 0.232 e. The van der Waals surface area contributed by atoms with E-state index in [0.29, 0.717) is 24.9 Å². The minimum absolute atomic E-state index is 0.102. The second kappa shape index (κ2) is 6.38. The lowest BCUT2D eigenvalue weighted by Gasteiger charge is -2.03. The smallest absolute Gasteiger partial charge is 0.232 e. The van der Waals surface area contributed by atoms with Crippen LogP contribution in [-0.2, 0) is 4.79 Å². The highest BCUT2D eigenvalue weighted by atomic mass is 16.4. The molecule has 0 saturated heterocycles. The van der Waals surface area contributed by atoms with Crippen molar-refractivity contribution in [3.63, 3.8) is 0 Å². The number of amides is 1. The van der Waals surface area contributed by atoms with Crippen LogP contribution in [0, 0.1) is 11.3 Å². The highest BCUT2D eigenvalue weighted by Crippen LogP contribution is 2.24. The summed E-state index contributed by atoms with van der Waals surface area (Å²) in [5.74, 6) is 0.607. The molecule has 1 heterocycles. The van der Waals surface area contributed by atoms with E-state index in [2.05, 4.69) is 15.6 Å². The van der Waals surface area contributed by atoms with Gasteiger partial charge in [-0.1, -0.05) is 18.2 Å². The Hall–Kier alpha value is -2.81. The first-order valence-electron chi connectivity index (χ1n) is 6.15. The third kappa shape index (κ3) is 3.36. The van der Waals surface area contributed by atoms with Gasteiger partial charge in [0.15, 0.2) is 0 Å². The van der Waals surface area contributed by atoms with Crippen molar-refractivity contribution in [1.82, 2.24) is 10.3 Å². The van der Waals surface area contributed by atoms with E-state index in [9.17, 15) is 4.79 Å². The number of nitrogens with zero attached hydrogens (tertiary/aromatic N) is 2. The molecule has 0 bridgehead atoms. The van der Waals surface area contributed by atoms with Crippen molar-refractivity contribution < 1.29 is 9.21 Å². The summed E-state index contributed by atoms with van der Waals surface area (Å²) in [5.41, 5.74) is 1.01. The molecule has 2 N–H and O–H groups in total. The molecule has 1 aromatic heterocycles. The minimum atomic E-state index is -0.102. The average Bonchev–Trinajstić information content (AvgIpc) is 2.87. The zero-order valence-corrected chi connectivity index (χ0v) is 11.0. The standard InChI is InChI=1S/C14H14N4O2/c1-10(19)16-7-8-17-14-12(9-15)18-13(20-14)11-5-3-2-4-6-11/h2-6,17H,7-8H2,1H3,(H,16,19). The quantitative estimate of drug-likeness (QED) is 0.808. The Morgan fingerprint density at radius 3 is 2.75 bits per heavy atom. The number of hydrogen-bond acceptors (Lipinski definition) is 5.